The Morgan fingerprint density at radius 3 is 2.62 bits per heavy atom. The average Bonchev–Trinajstić information content (AvgIpc) is 2.71. The number of benzene rings is 1. The summed E-state index contributed by atoms with van der Waals surface area (Å²) < 4.78 is 5.80. The summed E-state index contributed by atoms with van der Waals surface area (Å²) in [6.45, 7) is 5.57. The molecule has 1 aromatic heterocycles. The van der Waals surface area contributed by atoms with Crippen molar-refractivity contribution >= 4 is 22.9 Å². The minimum atomic E-state index is 0.117. The van der Waals surface area contributed by atoms with Gasteiger partial charge in [0, 0.05) is 43.0 Å². The van der Waals surface area contributed by atoms with Crippen LogP contribution < -0.4 is 16.4 Å². The van der Waals surface area contributed by atoms with Crippen LogP contribution in [0.4, 0.5) is 11.5 Å². The molecule has 2 heterocycles. The van der Waals surface area contributed by atoms with Crippen LogP contribution in [0.2, 0.25) is 0 Å². The van der Waals surface area contributed by atoms with Crippen LogP contribution in [-0.2, 0) is 4.74 Å². The van der Waals surface area contributed by atoms with Gasteiger partial charge in [0.25, 0.3) is 0 Å². The van der Waals surface area contributed by atoms with Gasteiger partial charge >= 0.3 is 0 Å². The Hall–Kier alpha value is -3.26. The fraction of sp³-hybridized carbons (Fsp3) is 0.333. The molecule has 0 unspecified atom stereocenters. The van der Waals surface area contributed by atoms with Crippen LogP contribution in [0.1, 0.15) is 30.7 Å². The van der Waals surface area contributed by atoms with Gasteiger partial charge in [-0.25, -0.2) is 9.97 Å². The molecule has 8 nitrogen and oxygen atoms in total. The summed E-state index contributed by atoms with van der Waals surface area (Å²) in [5.74, 6) is 0.776. The lowest BCUT2D eigenvalue weighted by molar-refractivity contribution is -0.00546. The second-order valence-corrected chi connectivity index (χ2v) is 7.07. The van der Waals surface area contributed by atoms with E-state index < -0.39 is 0 Å². The fourth-order valence-corrected chi connectivity index (χ4v) is 3.48. The summed E-state index contributed by atoms with van der Waals surface area (Å²) in [7, 11) is 1.69. The molecule has 5 N–H and O–H groups in total. The van der Waals surface area contributed by atoms with Crippen molar-refractivity contribution in [1.82, 2.24) is 9.97 Å². The lowest BCUT2D eigenvalue weighted by atomic mass is 9.99. The Bertz CT molecular complexity index is 944. The minimum absolute atomic E-state index is 0.117. The predicted octanol–water partition coefficient (Wildman–Crippen LogP) is 1.98. The molecule has 2 atom stereocenters. The van der Waals surface area contributed by atoms with Crippen molar-refractivity contribution in [3.8, 4) is 0 Å². The second kappa shape index (κ2) is 8.83. The van der Waals surface area contributed by atoms with E-state index in [1.807, 2.05) is 32.0 Å². The molecule has 1 aliphatic heterocycles. The highest BCUT2D eigenvalue weighted by Crippen LogP contribution is 2.22. The van der Waals surface area contributed by atoms with Crippen molar-refractivity contribution in [2.45, 2.75) is 26.1 Å². The number of rotatable bonds is 5. The average molecular weight is 393 g/mol. The lowest BCUT2D eigenvalue weighted by Gasteiger charge is -2.36. The highest BCUT2D eigenvalue weighted by molar-refractivity contribution is 6.15. The first-order valence-electron chi connectivity index (χ1n) is 9.49. The molecule has 0 saturated carbocycles. The van der Waals surface area contributed by atoms with Crippen LogP contribution in [0.25, 0.3) is 0 Å². The number of nitrogens with two attached hydrogens (primary N) is 2. The third-order valence-corrected chi connectivity index (χ3v) is 4.77. The number of allylic oxidation sites excluding steroid dienone is 1. The molecule has 1 fully saturated rings. The molecule has 0 amide bonds. The van der Waals surface area contributed by atoms with Crippen LogP contribution in [0.5, 0.6) is 0 Å². The molecule has 1 saturated heterocycles. The minimum Gasteiger partial charge on any atom is -0.405 e. The first kappa shape index (κ1) is 20.5. The molecule has 1 aromatic carbocycles. The predicted molar refractivity (Wildman–Crippen MR) is 117 cm³/mol. The summed E-state index contributed by atoms with van der Waals surface area (Å²) in [6.07, 6.45) is 4.87. The number of aliphatic imine (C=N–C) groups is 1. The quantitative estimate of drug-likeness (QED) is 0.527. The zero-order valence-corrected chi connectivity index (χ0v) is 17.0. The van der Waals surface area contributed by atoms with E-state index in [0.717, 1.165) is 24.5 Å². The van der Waals surface area contributed by atoms with Gasteiger partial charge in [0.05, 0.1) is 29.3 Å². The van der Waals surface area contributed by atoms with Crippen molar-refractivity contribution < 1.29 is 4.74 Å². The first-order valence-corrected chi connectivity index (χ1v) is 9.49. The number of morpholine rings is 1. The van der Waals surface area contributed by atoms with Crippen LogP contribution in [0, 0.1) is 5.41 Å². The summed E-state index contributed by atoms with van der Waals surface area (Å²) >= 11 is 0. The smallest absolute Gasteiger partial charge is 0.132 e. The molecule has 29 heavy (non-hydrogen) atoms. The van der Waals surface area contributed by atoms with Gasteiger partial charge in [0.2, 0.25) is 0 Å². The van der Waals surface area contributed by atoms with Crippen molar-refractivity contribution in [2.24, 2.45) is 10.7 Å². The Kier molecular flexibility index (Phi) is 6.23. The summed E-state index contributed by atoms with van der Waals surface area (Å²) in [5.41, 5.74) is 15.0. The molecule has 3 rings (SSSR count). The number of nitrogens with zero attached hydrogens (tertiary/aromatic N) is 4. The molecule has 8 heteroatoms. The molecule has 0 radical (unpaired) electrons. The molecule has 0 aliphatic carbocycles. The zero-order valence-electron chi connectivity index (χ0n) is 17.0. The van der Waals surface area contributed by atoms with E-state index in [-0.39, 0.29) is 17.9 Å². The number of hydrogen-bond donors (Lipinski definition) is 3. The second-order valence-electron chi connectivity index (χ2n) is 7.07. The van der Waals surface area contributed by atoms with E-state index >= 15 is 0 Å². The van der Waals surface area contributed by atoms with Crippen LogP contribution in [0.3, 0.4) is 0 Å². The fourth-order valence-electron chi connectivity index (χ4n) is 3.48. The largest absolute Gasteiger partial charge is 0.405 e. The number of nitrogens with one attached hydrogen (secondary N) is 1. The van der Waals surface area contributed by atoms with Gasteiger partial charge < -0.3 is 21.1 Å². The van der Waals surface area contributed by atoms with Gasteiger partial charge in [0.15, 0.2) is 0 Å². The highest BCUT2D eigenvalue weighted by atomic mass is 16.5. The van der Waals surface area contributed by atoms with Crippen LogP contribution >= 0.6 is 0 Å². The van der Waals surface area contributed by atoms with Gasteiger partial charge in [0.1, 0.15) is 12.1 Å². The summed E-state index contributed by atoms with van der Waals surface area (Å²) in [4.78, 5) is 15.1. The molecule has 0 spiro atoms. The molecule has 152 valence electrons. The summed E-state index contributed by atoms with van der Waals surface area (Å²) in [6, 6.07) is 7.28. The number of aromatic nitrogens is 2. The summed E-state index contributed by atoms with van der Waals surface area (Å²) in [5, 5.41) is 8.70. The Morgan fingerprint density at radius 1 is 1.24 bits per heavy atom. The van der Waals surface area contributed by atoms with Crippen LogP contribution in [0.15, 0.2) is 47.9 Å². The topological polar surface area (TPSA) is 126 Å². The molecular weight excluding hydrogens is 366 g/mol. The van der Waals surface area contributed by atoms with E-state index in [1.54, 1.807) is 19.2 Å². The third kappa shape index (κ3) is 4.60. The standard InChI is InChI=1S/C21H27N7O/c1-13-10-28(11-14(2)29-13)20-9-19(26-12-27-20)21(24)16-8-15(4-5-17(16)23)18(25-3)6-7-22/h4-9,12-14,24H,10-11,22-23H2,1-3H3/t13-,14+. The first-order chi connectivity index (χ1) is 13.9. The van der Waals surface area contributed by atoms with E-state index in [0.29, 0.717) is 22.7 Å². The maximum atomic E-state index is 8.70. The molecular formula is C21H27N7O. The van der Waals surface area contributed by atoms with Crippen molar-refractivity contribution in [3.63, 3.8) is 0 Å². The van der Waals surface area contributed by atoms with E-state index in [2.05, 4.69) is 19.9 Å². The third-order valence-electron chi connectivity index (χ3n) is 4.77. The van der Waals surface area contributed by atoms with E-state index in [4.69, 9.17) is 21.6 Å². The molecule has 2 aromatic rings. The van der Waals surface area contributed by atoms with Gasteiger partial charge in [-0.2, -0.15) is 0 Å². The van der Waals surface area contributed by atoms with Crippen molar-refractivity contribution in [3.05, 3.63) is 59.7 Å². The Morgan fingerprint density at radius 2 is 1.97 bits per heavy atom. The zero-order chi connectivity index (χ0) is 21.0. The Labute approximate surface area is 170 Å². The number of hydrogen-bond acceptors (Lipinski definition) is 8. The maximum Gasteiger partial charge on any atom is 0.132 e. The molecule has 0 bridgehead atoms. The van der Waals surface area contributed by atoms with Crippen LogP contribution in [-0.4, -0.2) is 53.7 Å². The van der Waals surface area contributed by atoms with E-state index in [9.17, 15) is 0 Å². The van der Waals surface area contributed by atoms with Gasteiger partial charge in [-0.05, 0) is 38.3 Å². The van der Waals surface area contributed by atoms with Gasteiger partial charge in [-0.1, -0.05) is 6.07 Å². The monoisotopic (exact) mass is 393 g/mol. The molecule has 1 aliphatic rings. The normalized spacial score (nSPS) is 20.2. The van der Waals surface area contributed by atoms with Crippen molar-refractivity contribution in [2.75, 3.05) is 30.8 Å². The van der Waals surface area contributed by atoms with Crippen molar-refractivity contribution in [1.29, 1.82) is 5.41 Å². The number of nitrogen functional groups attached to an aromatic ring is 1. The number of ether oxygens (including phenoxy) is 1. The highest BCUT2D eigenvalue weighted by Gasteiger charge is 2.24. The SMILES string of the molecule is CN=C(C=CN)c1ccc(N)c(C(=N)c2cc(N3C[C@@H](C)O[C@@H](C)C3)ncn2)c1. The van der Waals surface area contributed by atoms with Gasteiger partial charge in [-0.15, -0.1) is 0 Å². The number of anilines is 2. The Balaban J connectivity index is 1.93. The van der Waals surface area contributed by atoms with E-state index in [1.165, 1.54) is 12.5 Å². The van der Waals surface area contributed by atoms with Gasteiger partial charge in [-0.3, -0.25) is 10.4 Å². The maximum absolute atomic E-state index is 8.70. The lowest BCUT2D eigenvalue weighted by Crippen LogP contribution is -2.45.